The standard InChI is InChI=1S/C17H16N2O3/c1-11-3-4-12-6-8-19(15(12)9-11)16(20)13-5-7-18-14(10-13)17(21)22-2/h3-5,7,9-10H,6,8H2,1-2H3. The van der Waals surface area contributed by atoms with Gasteiger partial charge in [0.2, 0.25) is 0 Å². The Balaban J connectivity index is 1.93. The van der Waals surface area contributed by atoms with Gasteiger partial charge in [-0.1, -0.05) is 12.1 Å². The molecule has 0 saturated heterocycles. The van der Waals surface area contributed by atoms with Crippen LogP contribution in [0.15, 0.2) is 36.5 Å². The van der Waals surface area contributed by atoms with E-state index in [1.54, 1.807) is 11.0 Å². The minimum Gasteiger partial charge on any atom is -0.464 e. The molecular weight excluding hydrogens is 280 g/mol. The van der Waals surface area contributed by atoms with Crippen molar-refractivity contribution in [2.24, 2.45) is 0 Å². The van der Waals surface area contributed by atoms with Gasteiger partial charge in [0.15, 0.2) is 0 Å². The monoisotopic (exact) mass is 296 g/mol. The molecule has 112 valence electrons. The maximum absolute atomic E-state index is 12.7. The van der Waals surface area contributed by atoms with Crippen molar-refractivity contribution in [3.05, 3.63) is 58.9 Å². The van der Waals surface area contributed by atoms with Gasteiger partial charge in [-0.3, -0.25) is 4.79 Å². The third-order valence-electron chi connectivity index (χ3n) is 3.78. The smallest absolute Gasteiger partial charge is 0.356 e. The largest absolute Gasteiger partial charge is 0.464 e. The number of ether oxygens (including phenoxy) is 1. The van der Waals surface area contributed by atoms with Crippen LogP contribution >= 0.6 is 0 Å². The summed E-state index contributed by atoms with van der Waals surface area (Å²) in [5.41, 5.74) is 3.80. The Labute approximate surface area is 128 Å². The van der Waals surface area contributed by atoms with Crippen molar-refractivity contribution in [3.63, 3.8) is 0 Å². The zero-order chi connectivity index (χ0) is 15.7. The molecule has 1 aliphatic heterocycles. The maximum atomic E-state index is 12.7. The fourth-order valence-electron chi connectivity index (χ4n) is 2.64. The Morgan fingerprint density at radius 1 is 1.23 bits per heavy atom. The number of amides is 1. The molecule has 2 aromatic rings. The van der Waals surface area contributed by atoms with Crippen LogP contribution in [0.5, 0.6) is 0 Å². The van der Waals surface area contributed by atoms with Crippen molar-refractivity contribution in [1.82, 2.24) is 4.98 Å². The normalized spacial score (nSPS) is 12.9. The van der Waals surface area contributed by atoms with Gasteiger partial charge in [-0.05, 0) is 42.7 Å². The molecule has 0 atom stereocenters. The van der Waals surface area contributed by atoms with Crippen molar-refractivity contribution < 1.29 is 14.3 Å². The van der Waals surface area contributed by atoms with Gasteiger partial charge in [0.05, 0.1) is 7.11 Å². The highest BCUT2D eigenvalue weighted by atomic mass is 16.5. The lowest BCUT2D eigenvalue weighted by Crippen LogP contribution is -2.29. The molecule has 22 heavy (non-hydrogen) atoms. The van der Waals surface area contributed by atoms with E-state index in [1.165, 1.54) is 24.9 Å². The molecule has 1 aromatic carbocycles. The predicted octanol–water partition coefficient (Wildman–Crippen LogP) is 2.38. The van der Waals surface area contributed by atoms with Crippen molar-refractivity contribution in [2.75, 3.05) is 18.6 Å². The summed E-state index contributed by atoms with van der Waals surface area (Å²) in [7, 11) is 1.29. The van der Waals surface area contributed by atoms with Crippen LogP contribution in [0.4, 0.5) is 5.69 Å². The highest BCUT2D eigenvalue weighted by molar-refractivity contribution is 6.08. The van der Waals surface area contributed by atoms with Crippen molar-refractivity contribution in [2.45, 2.75) is 13.3 Å². The van der Waals surface area contributed by atoms with Crippen LogP contribution in [0.2, 0.25) is 0 Å². The van der Waals surface area contributed by atoms with E-state index in [-0.39, 0.29) is 11.6 Å². The van der Waals surface area contributed by atoms with E-state index in [9.17, 15) is 9.59 Å². The second-order valence-electron chi connectivity index (χ2n) is 5.26. The molecule has 0 saturated carbocycles. The number of aryl methyl sites for hydroxylation is 1. The van der Waals surface area contributed by atoms with Crippen LogP contribution in [-0.2, 0) is 11.2 Å². The molecule has 1 amide bonds. The van der Waals surface area contributed by atoms with Gasteiger partial charge in [-0.2, -0.15) is 0 Å². The minimum atomic E-state index is -0.549. The van der Waals surface area contributed by atoms with Crippen LogP contribution < -0.4 is 4.90 Å². The number of carbonyl (C=O) groups excluding carboxylic acids is 2. The molecular formula is C17H16N2O3. The van der Waals surface area contributed by atoms with E-state index in [0.29, 0.717) is 12.1 Å². The summed E-state index contributed by atoms with van der Waals surface area (Å²) in [4.78, 5) is 30.0. The van der Waals surface area contributed by atoms with E-state index in [0.717, 1.165) is 17.7 Å². The summed E-state index contributed by atoms with van der Waals surface area (Å²) < 4.78 is 4.64. The maximum Gasteiger partial charge on any atom is 0.356 e. The number of pyridine rings is 1. The minimum absolute atomic E-state index is 0.128. The fourth-order valence-corrected chi connectivity index (χ4v) is 2.64. The van der Waals surface area contributed by atoms with E-state index >= 15 is 0 Å². The predicted molar refractivity (Wildman–Crippen MR) is 82.1 cm³/mol. The average Bonchev–Trinajstić information content (AvgIpc) is 2.96. The molecule has 1 aromatic heterocycles. The number of esters is 1. The first-order valence-corrected chi connectivity index (χ1v) is 7.06. The molecule has 5 nitrogen and oxygen atoms in total. The molecule has 0 spiro atoms. The number of fused-ring (bicyclic) bond motifs is 1. The van der Waals surface area contributed by atoms with Crippen LogP contribution in [0.1, 0.15) is 32.0 Å². The van der Waals surface area contributed by atoms with Crippen LogP contribution in [-0.4, -0.2) is 30.5 Å². The number of rotatable bonds is 2. The molecule has 0 bridgehead atoms. The number of carbonyl (C=O) groups is 2. The van der Waals surface area contributed by atoms with E-state index in [1.807, 2.05) is 13.0 Å². The lowest BCUT2D eigenvalue weighted by molar-refractivity contribution is 0.0594. The van der Waals surface area contributed by atoms with Crippen molar-refractivity contribution in [1.29, 1.82) is 0 Å². The summed E-state index contributed by atoms with van der Waals surface area (Å²) in [5.74, 6) is -0.677. The topological polar surface area (TPSA) is 59.5 Å². The summed E-state index contributed by atoms with van der Waals surface area (Å²) in [6.45, 7) is 2.65. The summed E-state index contributed by atoms with van der Waals surface area (Å²) in [6, 6.07) is 9.21. The number of nitrogens with zero attached hydrogens (tertiary/aromatic N) is 2. The Hall–Kier alpha value is -2.69. The number of hydrogen-bond acceptors (Lipinski definition) is 4. The van der Waals surface area contributed by atoms with Gasteiger partial charge < -0.3 is 9.64 Å². The third-order valence-corrected chi connectivity index (χ3v) is 3.78. The van der Waals surface area contributed by atoms with Gasteiger partial charge in [0.25, 0.3) is 5.91 Å². The molecule has 5 heteroatoms. The first-order chi connectivity index (χ1) is 10.6. The number of methoxy groups -OCH3 is 1. The summed E-state index contributed by atoms with van der Waals surface area (Å²) in [5, 5.41) is 0. The first kappa shape index (κ1) is 14.3. The fraction of sp³-hybridized carbons (Fsp3) is 0.235. The Morgan fingerprint density at radius 2 is 2.05 bits per heavy atom. The Bertz CT molecular complexity index is 755. The second-order valence-corrected chi connectivity index (χ2v) is 5.26. The molecule has 0 fully saturated rings. The van der Waals surface area contributed by atoms with Gasteiger partial charge >= 0.3 is 5.97 Å². The van der Waals surface area contributed by atoms with Gasteiger partial charge in [0.1, 0.15) is 5.69 Å². The number of anilines is 1. The highest BCUT2D eigenvalue weighted by Gasteiger charge is 2.26. The van der Waals surface area contributed by atoms with Crippen LogP contribution in [0.25, 0.3) is 0 Å². The van der Waals surface area contributed by atoms with E-state index in [4.69, 9.17) is 0 Å². The Kier molecular flexibility index (Phi) is 3.63. The number of aromatic nitrogens is 1. The van der Waals surface area contributed by atoms with Gasteiger partial charge in [-0.15, -0.1) is 0 Å². The second kappa shape index (κ2) is 5.60. The highest BCUT2D eigenvalue weighted by Crippen LogP contribution is 2.30. The molecule has 2 heterocycles. The number of benzene rings is 1. The number of hydrogen-bond donors (Lipinski definition) is 0. The lowest BCUT2D eigenvalue weighted by Gasteiger charge is -2.18. The summed E-state index contributed by atoms with van der Waals surface area (Å²) in [6.07, 6.45) is 2.29. The van der Waals surface area contributed by atoms with Crippen LogP contribution in [0.3, 0.4) is 0 Å². The Morgan fingerprint density at radius 3 is 2.82 bits per heavy atom. The first-order valence-electron chi connectivity index (χ1n) is 7.06. The van der Waals surface area contributed by atoms with E-state index in [2.05, 4.69) is 21.9 Å². The average molecular weight is 296 g/mol. The zero-order valence-electron chi connectivity index (χ0n) is 12.5. The van der Waals surface area contributed by atoms with Crippen molar-refractivity contribution in [3.8, 4) is 0 Å². The third kappa shape index (κ3) is 2.45. The molecule has 0 N–H and O–H groups in total. The summed E-state index contributed by atoms with van der Waals surface area (Å²) >= 11 is 0. The lowest BCUT2D eigenvalue weighted by atomic mass is 10.1. The molecule has 1 aliphatic rings. The van der Waals surface area contributed by atoms with Gasteiger partial charge in [0, 0.05) is 24.0 Å². The van der Waals surface area contributed by atoms with Crippen LogP contribution in [0, 0.1) is 6.92 Å². The molecule has 3 rings (SSSR count). The molecule has 0 unspecified atom stereocenters. The van der Waals surface area contributed by atoms with Gasteiger partial charge in [-0.25, -0.2) is 9.78 Å². The van der Waals surface area contributed by atoms with E-state index < -0.39 is 5.97 Å². The van der Waals surface area contributed by atoms with Crippen molar-refractivity contribution >= 4 is 17.6 Å². The quantitative estimate of drug-likeness (QED) is 0.798. The molecule has 0 aliphatic carbocycles. The molecule has 0 radical (unpaired) electrons. The zero-order valence-corrected chi connectivity index (χ0v) is 12.5. The SMILES string of the molecule is COC(=O)c1cc(C(=O)N2CCc3ccc(C)cc32)ccn1.